The number of benzene rings is 2. The van der Waals surface area contributed by atoms with Gasteiger partial charge in [0.1, 0.15) is 5.75 Å². The van der Waals surface area contributed by atoms with Gasteiger partial charge < -0.3 is 19.5 Å². The zero-order valence-corrected chi connectivity index (χ0v) is 17.2. The molecule has 6 nitrogen and oxygen atoms in total. The minimum absolute atomic E-state index is 0.0319. The molecule has 1 N–H and O–H groups in total. The Bertz CT molecular complexity index is 1140. The summed E-state index contributed by atoms with van der Waals surface area (Å²) in [5.41, 5.74) is 4.16. The molecule has 2 aromatic carbocycles. The van der Waals surface area contributed by atoms with Gasteiger partial charge in [0.05, 0.1) is 0 Å². The Balaban J connectivity index is 1.26. The van der Waals surface area contributed by atoms with Crippen LogP contribution in [0.2, 0.25) is 5.02 Å². The zero-order valence-electron chi connectivity index (χ0n) is 16.5. The van der Waals surface area contributed by atoms with Crippen molar-refractivity contribution in [3.05, 3.63) is 58.7 Å². The van der Waals surface area contributed by atoms with Gasteiger partial charge in [0.15, 0.2) is 6.61 Å². The third-order valence-electron chi connectivity index (χ3n) is 5.85. The summed E-state index contributed by atoms with van der Waals surface area (Å²) in [5, 5.41) is 1.76. The third kappa shape index (κ3) is 3.52. The van der Waals surface area contributed by atoms with Crippen LogP contribution < -0.4 is 9.64 Å². The Labute approximate surface area is 179 Å². The molecular weight excluding hydrogens is 402 g/mol. The Kier molecular flexibility index (Phi) is 4.87. The number of fused-ring (bicyclic) bond motifs is 3. The summed E-state index contributed by atoms with van der Waals surface area (Å²) in [6, 6.07) is 13.2. The lowest BCUT2D eigenvalue weighted by Crippen LogP contribution is -2.38. The highest BCUT2D eigenvalue weighted by Crippen LogP contribution is 2.30. The van der Waals surface area contributed by atoms with E-state index in [1.807, 2.05) is 47.4 Å². The van der Waals surface area contributed by atoms with Gasteiger partial charge in [-0.25, -0.2) is 0 Å². The second-order valence-electron chi connectivity index (χ2n) is 7.77. The van der Waals surface area contributed by atoms with Gasteiger partial charge in [-0.2, -0.15) is 0 Å². The molecule has 0 atom stereocenters. The lowest BCUT2D eigenvalue weighted by Gasteiger charge is -2.27. The van der Waals surface area contributed by atoms with Crippen molar-refractivity contribution in [1.82, 2.24) is 9.88 Å². The molecule has 2 amide bonds. The average Bonchev–Trinajstić information content (AvgIpc) is 3.35. The lowest BCUT2D eigenvalue weighted by atomic mass is 10.0. The Morgan fingerprint density at radius 3 is 2.87 bits per heavy atom. The van der Waals surface area contributed by atoms with Crippen LogP contribution in [0.25, 0.3) is 10.9 Å². The largest absolute Gasteiger partial charge is 0.484 e. The Morgan fingerprint density at radius 1 is 1.13 bits per heavy atom. The Hall–Kier alpha value is -2.99. The number of amides is 2. The maximum absolute atomic E-state index is 12.8. The van der Waals surface area contributed by atoms with E-state index in [1.165, 1.54) is 5.69 Å². The molecule has 0 aliphatic carbocycles. The van der Waals surface area contributed by atoms with Gasteiger partial charge in [-0.15, -0.1) is 0 Å². The number of anilines is 1. The normalized spacial score (nSPS) is 16.2. The molecule has 0 bridgehead atoms. The summed E-state index contributed by atoms with van der Waals surface area (Å²) in [6.07, 6.45) is 2.23. The van der Waals surface area contributed by atoms with Crippen LogP contribution in [0.3, 0.4) is 0 Å². The summed E-state index contributed by atoms with van der Waals surface area (Å²) in [6.45, 7) is 1.89. The van der Waals surface area contributed by atoms with Gasteiger partial charge in [0, 0.05) is 71.4 Å². The number of aromatic nitrogens is 1. The highest BCUT2D eigenvalue weighted by atomic mass is 35.5. The van der Waals surface area contributed by atoms with Crippen LogP contribution in [0.1, 0.15) is 24.1 Å². The number of H-pyrrole nitrogens is 1. The van der Waals surface area contributed by atoms with E-state index in [-0.39, 0.29) is 18.4 Å². The first kappa shape index (κ1) is 19.0. The van der Waals surface area contributed by atoms with Gasteiger partial charge in [-0.1, -0.05) is 17.7 Å². The predicted molar refractivity (Wildman–Crippen MR) is 116 cm³/mol. The maximum Gasteiger partial charge on any atom is 0.260 e. The van der Waals surface area contributed by atoms with Crippen LogP contribution in [0, 0.1) is 0 Å². The van der Waals surface area contributed by atoms with Crippen molar-refractivity contribution in [1.29, 1.82) is 0 Å². The van der Waals surface area contributed by atoms with E-state index in [1.54, 1.807) is 4.90 Å². The molecule has 7 heteroatoms. The van der Waals surface area contributed by atoms with Crippen molar-refractivity contribution in [2.24, 2.45) is 0 Å². The number of hydrogen-bond donors (Lipinski definition) is 1. The fourth-order valence-corrected chi connectivity index (χ4v) is 4.47. The molecular formula is C23H22ClN3O3. The molecule has 0 saturated carbocycles. The first-order valence-electron chi connectivity index (χ1n) is 10.2. The Morgan fingerprint density at radius 2 is 2.03 bits per heavy atom. The molecule has 0 unspecified atom stereocenters. The van der Waals surface area contributed by atoms with E-state index in [9.17, 15) is 9.59 Å². The van der Waals surface area contributed by atoms with Crippen LogP contribution in [-0.4, -0.2) is 41.4 Å². The van der Waals surface area contributed by atoms with Gasteiger partial charge >= 0.3 is 0 Å². The van der Waals surface area contributed by atoms with Crippen LogP contribution in [-0.2, 0) is 22.6 Å². The second-order valence-corrected chi connectivity index (χ2v) is 8.21. The van der Waals surface area contributed by atoms with Crippen molar-refractivity contribution >= 4 is 40.0 Å². The first-order chi connectivity index (χ1) is 14.6. The molecule has 2 aliphatic heterocycles. The number of nitrogens with zero attached hydrogens (tertiary/aromatic N) is 2. The molecule has 0 spiro atoms. The van der Waals surface area contributed by atoms with Gasteiger partial charge in [-0.3, -0.25) is 9.59 Å². The number of aromatic amines is 1. The van der Waals surface area contributed by atoms with E-state index in [0.717, 1.165) is 41.5 Å². The molecule has 3 heterocycles. The second kappa shape index (κ2) is 7.69. The zero-order chi connectivity index (χ0) is 20.7. The first-order valence-corrected chi connectivity index (χ1v) is 10.6. The monoisotopic (exact) mass is 423 g/mol. The molecule has 154 valence electrons. The molecule has 30 heavy (non-hydrogen) atoms. The topological polar surface area (TPSA) is 65.6 Å². The predicted octanol–water partition coefficient (Wildman–Crippen LogP) is 3.91. The fraction of sp³-hybridized carbons (Fsp3) is 0.304. The molecule has 5 rings (SSSR count). The number of carbonyl (C=O) groups is 2. The van der Waals surface area contributed by atoms with E-state index < -0.39 is 0 Å². The maximum atomic E-state index is 12.8. The average molecular weight is 424 g/mol. The third-order valence-corrected chi connectivity index (χ3v) is 6.09. The van der Waals surface area contributed by atoms with Crippen molar-refractivity contribution in [2.45, 2.75) is 25.8 Å². The quantitative estimate of drug-likeness (QED) is 0.691. The van der Waals surface area contributed by atoms with E-state index in [2.05, 4.69) is 4.98 Å². The van der Waals surface area contributed by atoms with Gasteiger partial charge in [-0.05, 0) is 36.8 Å². The minimum atomic E-state index is -0.0559. The molecule has 0 radical (unpaired) electrons. The summed E-state index contributed by atoms with van der Waals surface area (Å²) < 4.78 is 5.77. The van der Waals surface area contributed by atoms with E-state index >= 15 is 0 Å². The highest BCUT2D eigenvalue weighted by molar-refractivity contribution is 6.31. The lowest BCUT2D eigenvalue weighted by molar-refractivity contribution is -0.134. The van der Waals surface area contributed by atoms with Crippen molar-refractivity contribution < 1.29 is 14.3 Å². The molecule has 1 fully saturated rings. The van der Waals surface area contributed by atoms with E-state index in [0.29, 0.717) is 30.3 Å². The number of nitrogens with one attached hydrogen (secondary N) is 1. The van der Waals surface area contributed by atoms with Crippen LogP contribution in [0.15, 0.2) is 42.5 Å². The number of carbonyl (C=O) groups excluding carboxylic acids is 2. The molecule has 1 saturated heterocycles. The smallest absolute Gasteiger partial charge is 0.260 e. The molecule has 3 aromatic rings. The standard InChI is InChI=1S/C23H22ClN3O3/c24-15-6-7-20-18(11-15)19-13-26(10-8-21(19)25-20)23(29)14-30-17-4-1-3-16(12-17)27-9-2-5-22(27)28/h1,3-4,6-7,11-12,25H,2,5,8-10,13-14H2. The van der Waals surface area contributed by atoms with Crippen molar-refractivity contribution in [3.8, 4) is 5.75 Å². The van der Waals surface area contributed by atoms with E-state index in [4.69, 9.17) is 16.3 Å². The minimum Gasteiger partial charge on any atom is -0.484 e. The van der Waals surface area contributed by atoms with Crippen LogP contribution in [0.5, 0.6) is 5.75 Å². The van der Waals surface area contributed by atoms with Gasteiger partial charge in [0.2, 0.25) is 5.91 Å². The highest BCUT2D eigenvalue weighted by Gasteiger charge is 2.25. The number of hydrogen-bond acceptors (Lipinski definition) is 3. The summed E-state index contributed by atoms with van der Waals surface area (Å²) in [7, 11) is 0. The van der Waals surface area contributed by atoms with Crippen LogP contribution >= 0.6 is 11.6 Å². The van der Waals surface area contributed by atoms with Crippen molar-refractivity contribution in [3.63, 3.8) is 0 Å². The van der Waals surface area contributed by atoms with Gasteiger partial charge in [0.25, 0.3) is 5.91 Å². The van der Waals surface area contributed by atoms with Crippen LogP contribution in [0.4, 0.5) is 5.69 Å². The summed E-state index contributed by atoms with van der Waals surface area (Å²) >= 11 is 6.16. The molecule has 2 aliphatic rings. The number of rotatable bonds is 4. The SMILES string of the molecule is O=C(COc1cccc(N2CCCC2=O)c1)N1CCc2[nH]c3ccc(Cl)cc3c2C1. The number of halogens is 1. The summed E-state index contributed by atoms with van der Waals surface area (Å²) in [5.74, 6) is 0.669. The summed E-state index contributed by atoms with van der Waals surface area (Å²) in [4.78, 5) is 31.8. The fourth-order valence-electron chi connectivity index (χ4n) is 4.30. The number of ether oxygens (including phenoxy) is 1. The van der Waals surface area contributed by atoms with Crippen molar-refractivity contribution in [2.75, 3.05) is 24.6 Å². The molecule has 1 aromatic heterocycles.